The Bertz CT molecular complexity index is 594. The highest BCUT2D eigenvalue weighted by Crippen LogP contribution is 2.26. The maximum Gasteiger partial charge on any atom is 0.273 e. The summed E-state index contributed by atoms with van der Waals surface area (Å²) < 4.78 is 26.5. The van der Waals surface area contributed by atoms with Crippen LogP contribution in [0.3, 0.4) is 0 Å². The van der Waals surface area contributed by atoms with Crippen molar-refractivity contribution in [1.82, 2.24) is 9.79 Å². The second-order valence-corrected chi connectivity index (χ2v) is 8.47. The maximum absolute atomic E-state index is 12.0. The molecule has 2 rings (SSSR count). The first-order chi connectivity index (χ1) is 9.90. The zero-order valence-corrected chi connectivity index (χ0v) is 13.9. The molecule has 118 valence electrons. The molecule has 0 bridgehead atoms. The first-order valence-corrected chi connectivity index (χ1v) is 9.18. The molecule has 0 unspecified atom stereocenters. The predicted octanol–water partition coefficient (Wildman–Crippen LogP) is 1.87. The lowest BCUT2D eigenvalue weighted by molar-refractivity contribution is -0.149. The predicted molar refractivity (Wildman–Crippen MR) is 80.6 cm³/mol. The van der Waals surface area contributed by atoms with Crippen LogP contribution < -0.4 is 4.72 Å². The zero-order chi connectivity index (χ0) is 15.5. The van der Waals surface area contributed by atoms with Gasteiger partial charge >= 0.3 is 0 Å². The number of sulfonamides is 1. The fourth-order valence-corrected chi connectivity index (χ4v) is 4.72. The highest BCUT2D eigenvalue weighted by atomic mass is 35.5. The molecule has 0 radical (unpaired) electrons. The van der Waals surface area contributed by atoms with Crippen LogP contribution in [0.4, 0.5) is 0 Å². The number of nitrogens with one attached hydrogen (secondary N) is 1. The number of amides is 1. The van der Waals surface area contributed by atoms with Gasteiger partial charge < -0.3 is 4.84 Å². The molecule has 1 fully saturated rings. The number of halogens is 1. The van der Waals surface area contributed by atoms with E-state index in [9.17, 15) is 13.2 Å². The van der Waals surface area contributed by atoms with Gasteiger partial charge in [0, 0.05) is 19.5 Å². The van der Waals surface area contributed by atoms with E-state index in [1.54, 1.807) is 7.11 Å². The number of thiophene rings is 1. The summed E-state index contributed by atoms with van der Waals surface area (Å²) >= 11 is 6.64. The van der Waals surface area contributed by atoms with Crippen LogP contribution in [0, 0.1) is 5.92 Å². The number of hydrogen-bond acceptors (Lipinski definition) is 6. The lowest BCUT2D eigenvalue weighted by Crippen LogP contribution is -2.36. The van der Waals surface area contributed by atoms with E-state index in [4.69, 9.17) is 16.4 Å². The van der Waals surface area contributed by atoms with Gasteiger partial charge in [0.15, 0.2) is 0 Å². The summed E-state index contributed by atoms with van der Waals surface area (Å²) in [6.45, 7) is 1.50. The van der Waals surface area contributed by atoms with Crippen LogP contribution in [0.1, 0.15) is 19.3 Å². The van der Waals surface area contributed by atoms with Gasteiger partial charge in [0.25, 0.3) is 10.0 Å². The second kappa shape index (κ2) is 7.06. The van der Waals surface area contributed by atoms with Crippen LogP contribution >= 0.6 is 22.9 Å². The number of carbonyl (C=O) groups is 1. The van der Waals surface area contributed by atoms with E-state index in [0.717, 1.165) is 37.3 Å². The van der Waals surface area contributed by atoms with Gasteiger partial charge in [0.2, 0.25) is 5.91 Å². The Balaban J connectivity index is 1.87. The van der Waals surface area contributed by atoms with Gasteiger partial charge in [-0.1, -0.05) is 11.6 Å². The normalized spacial score (nSPS) is 17.8. The van der Waals surface area contributed by atoms with E-state index in [0.29, 0.717) is 4.34 Å². The highest BCUT2D eigenvalue weighted by molar-refractivity contribution is 7.92. The van der Waals surface area contributed by atoms with Crippen molar-refractivity contribution in [3.8, 4) is 0 Å². The van der Waals surface area contributed by atoms with E-state index in [1.807, 2.05) is 5.06 Å². The quantitative estimate of drug-likeness (QED) is 0.875. The van der Waals surface area contributed by atoms with Crippen molar-refractivity contribution in [2.45, 2.75) is 23.5 Å². The van der Waals surface area contributed by atoms with Crippen LogP contribution in [0.5, 0.6) is 0 Å². The summed E-state index contributed by atoms with van der Waals surface area (Å²) in [6, 6.07) is 2.88. The van der Waals surface area contributed by atoms with Crippen LogP contribution in [0.2, 0.25) is 4.34 Å². The third kappa shape index (κ3) is 4.65. The Labute approximate surface area is 133 Å². The van der Waals surface area contributed by atoms with Crippen molar-refractivity contribution in [1.29, 1.82) is 0 Å². The van der Waals surface area contributed by atoms with Crippen molar-refractivity contribution < 1.29 is 18.0 Å². The number of hydrogen-bond donors (Lipinski definition) is 1. The van der Waals surface area contributed by atoms with Gasteiger partial charge in [0.05, 0.1) is 11.4 Å². The minimum atomic E-state index is -3.81. The Hall–Kier alpha value is -0.670. The number of piperidine rings is 1. The molecular formula is C12H17ClN2O4S2. The SMILES string of the molecule is CON1CCC(CC(=O)NS(=O)(=O)c2ccc(Cl)s2)CC1. The molecule has 2 heterocycles. The lowest BCUT2D eigenvalue weighted by Gasteiger charge is -2.29. The molecule has 0 atom stereocenters. The van der Waals surface area contributed by atoms with E-state index in [1.165, 1.54) is 12.1 Å². The summed E-state index contributed by atoms with van der Waals surface area (Å²) in [4.78, 5) is 17.0. The third-order valence-corrected chi connectivity index (χ3v) is 6.46. The number of carbonyl (C=O) groups excluding carboxylic acids is 1. The maximum atomic E-state index is 12.0. The first-order valence-electron chi connectivity index (χ1n) is 6.51. The Kier molecular flexibility index (Phi) is 5.61. The van der Waals surface area contributed by atoms with Crippen molar-refractivity contribution in [3.63, 3.8) is 0 Å². The van der Waals surface area contributed by atoms with Crippen molar-refractivity contribution >= 4 is 38.9 Å². The molecule has 0 spiro atoms. The molecule has 0 aliphatic carbocycles. The van der Waals surface area contributed by atoms with Gasteiger partial charge in [-0.05, 0) is 30.9 Å². The third-order valence-electron chi connectivity index (χ3n) is 3.37. The highest BCUT2D eigenvalue weighted by Gasteiger charge is 2.25. The molecule has 1 N–H and O–H groups in total. The molecule has 1 aromatic heterocycles. The van der Waals surface area contributed by atoms with Crippen LogP contribution in [-0.4, -0.2) is 39.6 Å². The molecule has 1 saturated heterocycles. The van der Waals surface area contributed by atoms with E-state index in [2.05, 4.69) is 4.72 Å². The molecule has 1 aromatic rings. The zero-order valence-electron chi connectivity index (χ0n) is 11.5. The molecule has 0 saturated carbocycles. The number of hydroxylamine groups is 2. The average molecular weight is 353 g/mol. The smallest absolute Gasteiger partial charge is 0.273 e. The lowest BCUT2D eigenvalue weighted by atomic mass is 9.94. The van der Waals surface area contributed by atoms with Gasteiger partial charge in [-0.2, -0.15) is 5.06 Å². The standard InChI is InChI=1S/C12H17ClN2O4S2/c1-19-15-6-4-9(5-7-15)8-11(16)14-21(17,18)12-3-2-10(13)20-12/h2-3,9H,4-8H2,1H3,(H,14,16). The Morgan fingerprint density at radius 1 is 1.48 bits per heavy atom. The topological polar surface area (TPSA) is 75.7 Å². The van der Waals surface area contributed by atoms with Crippen LogP contribution in [0.15, 0.2) is 16.3 Å². The van der Waals surface area contributed by atoms with Crippen molar-refractivity contribution in [2.24, 2.45) is 5.92 Å². The summed E-state index contributed by atoms with van der Waals surface area (Å²) in [5.41, 5.74) is 0. The van der Waals surface area contributed by atoms with Crippen LogP contribution in [-0.2, 0) is 19.7 Å². The molecular weight excluding hydrogens is 336 g/mol. The van der Waals surface area contributed by atoms with Gasteiger partial charge in [0.1, 0.15) is 4.21 Å². The molecule has 1 aliphatic heterocycles. The summed E-state index contributed by atoms with van der Waals surface area (Å²) in [6.07, 6.45) is 1.83. The van der Waals surface area contributed by atoms with Gasteiger partial charge in [-0.25, -0.2) is 13.1 Å². The molecule has 1 aliphatic rings. The summed E-state index contributed by atoms with van der Waals surface area (Å²) in [7, 11) is -2.19. The van der Waals surface area contributed by atoms with Crippen molar-refractivity contribution in [3.05, 3.63) is 16.5 Å². The largest absolute Gasteiger partial charge is 0.302 e. The molecule has 1 amide bonds. The molecule has 21 heavy (non-hydrogen) atoms. The van der Waals surface area contributed by atoms with E-state index in [-0.39, 0.29) is 16.5 Å². The van der Waals surface area contributed by atoms with Gasteiger partial charge in [-0.3, -0.25) is 4.79 Å². The van der Waals surface area contributed by atoms with Gasteiger partial charge in [-0.15, -0.1) is 11.3 Å². The minimum Gasteiger partial charge on any atom is -0.302 e. The monoisotopic (exact) mass is 352 g/mol. The second-order valence-electron chi connectivity index (χ2n) is 4.85. The van der Waals surface area contributed by atoms with E-state index >= 15 is 0 Å². The molecule has 6 nitrogen and oxygen atoms in total. The number of rotatable bonds is 5. The minimum absolute atomic E-state index is 0.0510. The number of nitrogens with zero attached hydrogens (tertiary/aromatic N) is 1. The van der Waals surface area contributed by atoms with E-state index < -0.39 is 15.9 Å². The Morgan fingerprint density at radius 2 is 2.14 bits per heavy atom. The average Bonchev–Trinajstić information content (AvgIpc) is 2.86. The summed E-state index contributed by atoms with van der Waals surface area (Å²) in [5, 5.41) is 1.83. The fraction of sp³-hybridized carbons (Fsp3) is 0.583. The summed E-state index contributed by atoms with van der Waals surface area (Å²) in [5.74, 6) is -0.297. The van der Waals surface area contributed by atoms with Crippen LogP contribution in [0.25, 0.3) is 0 Å². The molecule has 9 heteroatoms. The molecule has 0 aromatic carbocycles. The fourth-order valence-electron chi connectivity index (χ4n) is 2.24. The Morgan fingerprint density at radius 3 is 2.67 bits per heavy atom. The van der Waals surface area contributed by atoms with Crippen molar-refractivity contribution in [2.75, 3.05) is 20.2 Å². The first kappa shape index (κ1) is 16.7.